The van der Waals surface area contributed by atoms with Crippen molar-refractivity contribution in [3.8, 4) is 11.5 Å². The van der Waals surface area contributed by atoms with Crippen molar-refractivity contribution in [1.29, 1.82) is 0 Å². The first kappa shape index (κ1) is 21.8. The summed E-state index contributed by atoms with van der Waals surface area (Å²) in [6.45, 7) is 1.97. The van der Waals surface area contributed by atoms with Crippen LogP contribution in [0.2, 0.25) is 0 Å². The highest BCUT2D eigenvalue weighted by Crippen LogP contribution is 2.36. The smallest absolute Gasteiger partial charge is 0.180 e. The third-order valence-corrected chi connectivity index (χ3v) is 8.17. The van der Waals surface area contributed by atoms with Gasteiger partial charge >= 0.3 is 0 Å². The number of aromatic nitrogens is 4. The van der Waals surface area contributed by atoms with Crippen molar-refractivity contribution < 1.29 is 13.9 Å². The second-order valence-electron chi connectivity index (χ2n) is 9.13. The van der Waals surface area contributed by atoms with Crippen molar-refractivity contribution in [2.75, 3.05) is 30.8 Å². The Bertz CT molecular complexity index is 1170. The average Bonchev–Trinajstić information content (AvgIpc) is 3.62. The Morgan fingerprint density at radius 2 is 2.12 bits per heavy atom. The van der Waals surface area contributed by atoms with Gasteiger partial charge in [0.25, 0.3) is 0 Å². The summed E-state index contributed by atoms with van der Waals surface area (Å²) in [7, 11) is 1.96. The number of thioether (sulfide) groups is 1. The Morgan fingerprint density at radius 3 is 2.94 bits per heavy atom. The van der Waals surface area contributed by atoms with Crippen LogP contribution in [0, 0.1) is 0 Å². The van der Waals surface area contributed by atoms with Gasteiger partial charge in [0.2, 0.25) is 0 Å². The number of carbonyl (C=O) groups is 1. The van der Waals surface area contributed by atoms with Crippen LogP contribution in [0.4, 0.5) is 5.82 Å². The normalized spacial score (nSPS) is 23.9. The Morgan fingerprint density at radius 1 is 1.24 bits per heavy atom. The van der Waals surface area contributed by atoms with Gasteiger partial charge in [-0.2, -0.15) is 5.10 Å². The number of fused-ring (bicyclic) bond motifs is 1. The SMILES string of the molecule is Cn1nc(C2CCN(C3CC(Nc4ncnc5c4SCC5)C(=O)CO3)CC2)cc1-c1ccco1. The molecule has 2 fully saturated rings. The molecular weight excluding hydrogens is 452 g/mol. The number of rotatable bonds is 5. The number of likely N-dealkylation sites (tertiary alicyclic amines) is 1. The number of nitrogens with one attached hydrogen (secondary N) is 1. The molecule has 3 aromatic rings. The number of carbonyl (C=O) groups excluding carboxylic acids is 1. The lowest BCUT2D eigenvalue weighted by Gasteiger charge is -2.40. The quantitative estimate of drug-likeness (QED) is 0.591. The molecule has 3 aliphatic rings. The molecule has 2 atom stereocenters. The summed E-state index contributed by atoms with van der Waals surface area (Å²) in [4.78, 5) is 24.9. The Hall–Kier alpha value is -2.69. The van der Waals surface area contributed by atoms with Gasteiger partial charge in [-0.1, -0.05) is 0 Å². The number of hydrogen-bond donors (Lipinski definition) is 1. The van der Waals surface area contributed by atoms with Crippen LogP contribution < -0.4 is 5.32 Å². The molecular formula is C24H28N6O3S. The Kier molecular flexibility index (Phi) is 5.88. The molecule has 10 heteroatoms. The molecule has 9 nitrogen and oxygen atoms in total. The van der Waals surface area contributed by atoms with Crippen LogP contribution >= 0.6 is 11.8 Å². The van der Waals surface area contributed by atoms with Gasteiger partial charge in [-0.15, -0.1) is 11.8 Å². The maximum Gasteiger partial charge on any atom is 0.180 e. The number of nitrogens with zero attached hydrogens (tertiary/aromatic N) is 5. The summed E-state index contributed by atoms with van der Waals surface area (Å²) in [5.74, 6) is 3.13. The third-order valence-electron chi connectivity index (χ3n) is 7.05. The van der Waals surface area contributed by atoms with Crippen LogP contribution in [-0.2, 0) is 23.0 Å². The van der Waals surface area contributed by atoms with Crippen molar-refractivity contribution in [3.05, 3.63) is 42.2 Å². The van der Waals surface area contributed by atoms with Gasteiger partial charge in [0.1, 0.15) is 30.7 Å². The van der Waals surface area contributed by atoms with Crippen LogP contribution in [0.5, 0.6) is 0 Å². The van der Waals surface area contributed by atoms with E-state index in [1.165, 1.54) is 0 Å². The van der Waals surface area contributed by atoms with E-state index in [-0.39, 0.29) is 24.7 Å². The van der Waals surface area contributed by atoms with E-state index in [1.54, 1.807) is 24.4 Å². The van der Waals surface area contributed by atoms with Crippen molar-refractivity contribution in [1.82, 2.24) is 24.6 Å². The molecule has 0 aromatic carbocycles. The maximum absolute atomic E-state index is 12.6. The number of hydrogen-bond acceptors (Lipinski definition) is 9. The zero-order valence-electron chi connectivity index (χ0n) is 19.1. The van der Waals surface area contributed by atoms with Crippen molar-refractivity contribution >= 4 is 23.4 Å². The van der Waals surface area contributed by atoms with E-state index < -0.39 is 0 Å². The monoisotopic (exact) mass is 480 g/mol. The molecule has 2 unspecified atom stereocenters. The van der Waals surface area contributed by atoms with Crippen molar-refractivity contribution in [2.24, 2.45) is 7.05 Å². The van der Waals surface area contributed by atoms with Gasteiger partial charge in [0.05, 0.1) is 28.6 Å². The zero-order valence-corrected chi connectivity index (χ0v) is 20.0. The lowest BCUT2D eigenvalue weighted by Crippen LogP contribution is -2.51. The van der Waals surface area contributed by atoms with Crippen molar-refractivity contribution in [2.45, 2.75) is 48.8 Å². The van der Waals surface area contributed by atoms with E-state index >= 15 is 0 Å². The minimum Gasteiger partial charge on any atom is -0.463 e. The van der Waals surface area contributed by atoms with Gasteiger partial charge in [0.15, 0.2) is 11.5 Å². The van der Waals surface area contributed by atoms with E-state index in [0.29, 0.717) is 12.3 Å². The molecule has 0 spiro atoms. The number of ketones is 1. The van der Waals surface area contributed by atoms with E-state index in [0.717, 1.165) is 71.7 Å². The van der Waals surface area contributed by atoms with E-state index in [1.807, 2.05) is 23.9 Å². The molecule has 2 saturated heterocycles. The zero-order chi connectivity index (χ0) is 23.1. The minimum atomic E-state index is -0.289. The lowest BCUT2D eigenvalue weighted by atomic mass is 9.92. The molecule has 0 saturated carbocycles. The fourth-order valence-corrected chi connectivity index (χ4v) is 6.23. The summed E-state index contributed by atoms with van der Waals surface area (Å²) in [6, 6.07) is 5.72. The highest BCUT2D eigenvalue weighted by Gasteiger charge is 2.36. The largest absolute Gasteiger partial charge is 0.463 e. The summed E-state index contributed by atoms with van der Waals surface area (Å²) in [5, 5.41) is 8.17. The van der Waals surface area contributed by atoms with Crippen LogP contribution in [-0.4, -0.2) is 68.2 Å². The molecule has 0 aliphatic carbocycles. The first-order valence-corrected chi connectivity index (χ1v) is 12.8. The first-order chi connectivity index (χ1) is 16.7. The number of anilines is 1. The highest BCUT2D eigenvalue weighted by atomic mass is 32.2. The van der Waals surface area contributed by atoms with Crippen molar-refractivity contribution in [3.63, 3.8) is 0 Å². The summed E-state index contributed by atoms with van der Waals surface area (Å²) < 4.78 is 13.4. The van der Waals surface area contributed by atoms with Crippen LogP contribution in [0.1, 0.15) is 36.6 Å². The Balaban J connectivity index is 1.09. The van der Waals surface area contributed by atoms with Gasteiger partial charge in [-0.3, -0.25) is 14.4 Å². The predicted molar refractivity (Wildman–Crippen MR) is 128 cm³/mol. The van der Waals surface area contributed by atoms with Gasteiger partial charge in [-0.05, 0) is 31.0 Å². The molecule has 6 rings (SSSR count). The minimum absolute atomic E-state index is 0.0684. The van der Waals surface area contributed by atoms with Gasteiger partial charge in [-0.25, -0.2) is 9.97 Å². The summed E-state index contributed by atoms with van der Waals surface area (Å²) in [5.41, 5.74) is 3.19. The second kappa shape index (κ2) is 9.16. The molecule has 6 heterocycles. The number of ether oxygens (including phenoxy) is 1. The fraction of sp³-hybridized carbons (Fsp3) is 0.500. The second-order valence-corrected chi connectivity index (χ2v) is 10.2. The Labute approximate surface area is 202 Å². The predicted octanol–water partition coefficient (Wildman–Crippen LogP) is 3.09. The lowest BCUT2D eigenvalue weighted by molar-refractivity contribution is -0.145. The molecule has 0 bridgehead atoms. The topological polar surface area (TPSA) is 98.3 Å². The number of aryl methyl sites for hydroxylation is 2. The molecule has 3 aliphatic heterocycles. The molecule has 3 aromatic heterocycles. The van der Waals surface area contributed by atoms with Gasteiger partial charge in [0, 0.05) is 44.6 Å². The first-order valence-electron chi connectivity index (χ1n) is 11.8. The van der Waals surface area contributed by atoms with E-state index in [4.69, 9.17) is 14.3 Å². The van der Waals surface area contributed by atoms with Crippen LogP contribution in [0.15, 0.2) is 40.1 Å². The number of Topliss-reactive ketones (excluding diaryl/α,β-unsaturated/α-hetero) is 1. The highest BCUT2D eigenvalue weighted by molar-refractivity contribution is 7.99. The molecule has 0 radical (unpaired) electrons. The maximum atomic E-state index is 12.6. The van der Waals surface area contributed by atoms with E-state index in [9.17, 15) is 4.79 Å². The third kappa shape index (κ3) is 4.14. The molecule has 34 heavy (non-hydrogen) atoms. The molecule has 1 N–H and O–H groups in total. The van der Waals surface area contributed by atoms with E-state index in [2.05, 4.69) is 26.3 Å². The summed E-state index contributed by atoms with van der Waals surface area (Å²) >= 11 is 1.76. The fourth-order valence-electron chi connectivity index (χ4n) is 5.16. The molecule has 178 valence electrons. The average molecular weight is 481 g/mol. The number of piperidine rings is 1. The summed E-state index contributed by atoms with van der Waals surface area (Å²) in [6.07, 6.45) is 6.81. The standard InChI is InChI=1S/C24H28N6O3S/c1-29-19(21-3-2-9-32-21)11-17(28-29)15-4-7-30(8-5-15)22-12-18(20(31)13-33-22)27-24-23-16(6-10-34-23)25-14-26-24/h2-3,9,11,14-15,18,22H,4-8,10,12-13H2,1H3,(H,25,26,27). The molecule has 0 amide bonds. The van der Waals surface area contributed by atoms with Crippen LogP contribution in [0.3, 0.4) is 0 Å². The number of furan rings is 1. The van der Waals surface area contributed by atoms with Gasteiger partial charge < -0.3 is 14.5 Å². The van der Waals surface area contributed by atoms with Crippen LogP contribution in [0.25, 0.3) is 11.5 Å².